The topological polar surface area (TPSA) is 20.2 Å². The van der Waals surface area contributed by atoms with E-state index < -0.39 is 0 Å². The van der Waals surface area contributed by atoms with E-state index >= 15 is 0 Å². The summed E-state index contributed by atoms with van der Waals surface area (Å²) in [5, 5.41) is 9.29. The number of aliphatic hydroxyl groups is 1. The van der Waals surface area contributed by atoms with Gasteiger partial charge in [-0.3, -0.25) is 0 Å². The fourth-order valence-corrected chi connectivity index (χ4v) is 1.53. The molecule has 1 nitrogen and oxygen atoms in total. The van der Waals surface area contributed by atoms with Crippen LogP contribution < -0.4 is 0 Å². The summed E-state index contributed by atoms with van der Waals surface area (Å²) < 4.78 is 0. The zero-order valence-corrected chi connectivity index (χ0v) is 7.18. The molecule has 0 spiro atoms. The molecule has 64 valence electrons. The first-order valence-corrected chi connectivity index (χ1v) is 4.77. The van der Waals surface area contributed by atoms with E-state index in [-0.39, 0.29) is 0 Å². The number of aliphatic hydroxyl groups excluding tert-OH is 1. The molecule has 1 aliphatic carbocycles. The molecule has 0 radical (unpaired) electrons. The van der Waals surface area contributed by atoms with Crippen LogP contribution in [0, 0.1) is 0 Å². The molecule has 11 heavy (non-hydrogen) atoms. The Kier molecular flexibility index (Phi) is 4.10. The summed E-state index contributed by atoms with van der Waals surface area (Å²) in [5.41, 5.74) is 0. The molecule has 1 N–H and O–H groups in total. The van der Waals surface area contributed by atoms with E-state index in [9.17, 15) is 5.11 Å². The minimum Gasteiger partial charge on any atom is -0.513 e. The molecule has 0 aromatic heterocycles. The first-order valence-electron chi connectivity index (χ1n) is 4.77. The van der Waals surface area contributed by atoms with Crippen molar-refractivity contribution in [2.45, 2.75) is 51.4 Å². The summed E-state index contributed by atoms with van der Waals surface area (Å²) in [7, 11) is 0. The van der Waals surface area contributed by atoms with Gasteiger partial charge in [0.25, 0.3) is 0 Å². The standard InChI is InChI=1S/C10H18O/c11-10-8-6-4-2-1-3-5-7-9-10/h8,11H,1-7,9H2. The molecule has 0 heterocycles. The Morgan fingerprint density at radius 3 is 2.36 bits per heavy atom. The Hall–Kier alpha value is -0.460. The van der Waals surface area contributed by atoms with Gasteiger partial charge in [-0.1, -0.05) is 25.7 Å². The second-order valence-electron chi connectivity index (χ2n) is 3.36. The molecule has 0 atom stereocenters. The minimum absolute atomic E-state index is 0.618. The number of hydrogen-bond donors (Lipinski definition) is 1. The zero-order chi connectivity index (χ0) is 7.94. The van der Waals surface area contributed by atoms with Crippen molar-refractivity contribution in [3.05, 3.63) is 11.8 Å². The van der Waals surface area contributed by atoms with Crippen LogP contribution in [0.3, 0.4) is 0 Å². The fourth-order valence-electron chi connectivity index (χ4n) is 1.53. The van der Waals surface area contributed by atoms with Gasteiger partial charge in [-0.05, 0) is 25.3 Å². The first-order chi connectivity index (χ1) is 5.39. The molecule has 0 saturated heterocycles. The average molecular weight is 154 g/mol. The normalized spacial score (nSPS) is 22.4. The molecule has 1 aliphatic rings. The van der Waals surface area contributed by atoms with Gasteiger partial charge in [0.1, 0.15) is 0 Å². The van der Waals surface area contributed by atoms with E-state index in [1.807, 2.05) is 6.08 Å². The summed E-state index contributed by atoms with van der Waals surface area (Å²) in [5.74, 6) is 0.618. The number of hydrogen-bond acceptors (Lipinski definition) is 1. The largest absolute Gasteiger partial charge is 0.513 e. The molecule has 0 bridgehead atoms. The Labute approximate surface area is 69.1 Å². The van der Waals surface area contributed by atoms with Gasteiger partial charge in [-0.2, -0.15) is 0 Å². The molecule has 0 fully saturated rings. The maximum absolute atomic E-state index is 9.29. The van der Waals surface area contributed by atoms with Gasteiger partial charge in [0, 0.05) is 6.42 Å². The molecule has 0 amide bonds. The quantitative estimate of drug-likeness (QED) is 0.565. The molecule has 1 rings (SSSR count). The predicted molar refractivity (Wildman–Crippen MR) is 47.6 cm³/mol. The maximum atomic E-state index is 9.29. The lowest BCUT2D eigenvalue weighted by Crippen LogP contribution is -1.87. The monoisotopic (exact) mass is 154 g/mol. The second kappa shape index (κ2) is 5.22. The number of rotatable bonds is 0. The van der Waals surface area contributed by atoms with E-state index in [0.29, 0.717) is 5.76 Å². The van der Waals surface area contributed by atoms with Gasteiger partial charge < -0.3 is 5.11 Å². The van der Waals surface area contributed by atoms with Gasteiger partial charge in [0.15, 0.2) is 0 Å². The van der Waals surface area contributed by atoms with Crippen LogP contribution in [0.5, 0.6) is 0 Å². The zero-order valence-electron chi connectivity index (χ0n) is 7.18. The lowest BCUT2D eigenvalue weighted by Gasteiger charge is -2.04. The number of allylic oxidation sites excluding steroid dienone is 2. The van der Waals surface area contributed by atoms with E-state index in [2.05, 4.69) is 0 Å². The lowest BCUT2D eigenvalue weighted by atomic mass is 10.0. The SMILES string of the molecule is OC1=CCCCCCCCC1. The molecular weight excluding hydrogens is 136 g/mol. The van der Waals surface area contributed by atoms with Crippen LogP contribution in [-0.2, 0) is 0 Å². The van der Waals surface area contributed by atoms with Crippen molar-refractivity contribution >= 4 is 0 Å². The minimum atomic E-state index is 0.618. The molecular formula is C10H18O. The van der Waals surface area contributed by atoms with Crippen molar-refractivity contribution < 1.29 is 5.11 Å². The van der Waals surface area contributed by atoms with Crippen LogP contribution in [0.4, 0.5) is 0 Å². The van der Waals surface area contributed by atoms with Gasteiger partial charge in [-0.15, -0.1) is 0 Å². The van der Waals surface area contributed by atoms with Crippen LogP contribution in [0.1, 0.15) is 51.4 Å². The second-order valence-corrected chi connectivity index (χ2v) is 3.36. The van der Waals surface area contributed by atoms with Crippen LogP contribution in [0.25, 0.3) is 0 Å². The summed E-state index contributed by atoms with van der Waals surface area (Å²) in [4.78, 5) is 0. The highest BCUT2D eigenvalue weighted by molar-refractivity contribution is 4.90. The highest BCUT2D eigenvalue weighted by atomic mass is 16.3. The molecule has 0 aliphatic heterocycles. The third-order valence-electron chi connectivity index (χ3n) is 2.27. The average Bonchev–Trinajstić information content (AvgIpc) is 2.03. The highest BCUT2D eigenvalue weighted by Crippen LogP contribution is 2.14. The van der Waals surface area contributed by atoms with Crippen LogP contribution in [0.15, 0.2) is 11.8 Å². The lowest BCUT2D eigenvalue weighted by molar-refractivity contribution is 0.374. The third-order valence-corrected chi connectivity index (χ3v) is 2.27. The van der Waals surface area contributed by atoms with Crippen molar-refractivity contribution in [2.75, 3.05) is 0 Å². The van der Waals surface area contributed by atoms with Crippen molar-refractivity contribution in [2.24, 2.45) is 0 Å². The summed E-state index contributed by atoms with van der Waals surface area (Å²) >= 11 is 0. The van der Waals surface area contributed by atoms with Crippen molar-refractivity contribution in [3.8, 4) is 0 Å². The van der Waals surface area contributed by atoms with Crippen LogP contribution in [-0.4, -0.2) is 5.11 Å². The van der Waals surface area contributed by atoms with Gasteiger partial charge in [0.2, 0.25) is 0 Å². The molecule has 0 saturated carbocycles. The molecule has 1 heteroatoms. The van der Waals surface area contributed by atoms with Crippen LogP contribution in [0.2, 0.25) is 0 Å². The maximum Gasteiger partial charge on any atom is 0.0882 e. The third kappa shape index (κ3) is 4.07. The van der Waals surface area contributed by atoms with Crippen molar-refractivity contribution in [1.82, 2.24) is 0 Å². The Morgan fingerprint density at radius 2 is 1.55 bits per heavy atom. The smallest absolute Gasteiger partial charge is 0.0882 e. The molecule has 0 aromatic carbocycles. The van der Waals surface area contributed by atoms with E-state index in [1.54, 1.807) is 0 Å². The fraction of sp³-hybridized carbons (Fsp3) is 0.800. The van der Waals surface area contributed by atoms with Gasteiger partial charge >= 0.3 is 0 Å². The van der Waals surface area contributed by atoms with Crippen LogP contribution >= 0.6 is 0 Å². The van der Waals surface area contributed by atoms with E-state index in [4.69, 9.17) is 0 Å². The van der Waals surface area contributed by atoms with Gasteiger partial charge in [0.05, 0.1) is 5.76 Å². The Bertz CT molecular complexity index is 127. The van der Waals surface area contributed by atoms with Gasteiger partial charge in [-0.25, -0.2) is 0 Å². The predicted octanol–water partition coefficient (Wildman–Crippen LogP) is 3.56. The van der Waals surface area contributed by atoms with E-state index in [0.717, 1.165) is 12.8 Å². The Morgan fingerprint density at radius 1 is 0.909 bits per heavy atom. The molecule has 0 unspecified atom stereocenters. The van der Waals surface area contributed by atoms with E-state index in [1.165, 1.54) is 38.5 Å². The highest BCUT2D eigenvalue weighted by Gasteiger charge is 1.97. The summed E-state index contributed by atoms with van der Waals surface area (Å²) in [6.07, 6.45) is 11.8. The molecule has 0 aromatic rings. The Balaban J connectivity index is 2.27. The van der Waals surface area contributed by atoms with Crippen molar-refractivity contribution in [3.63, 3.8) is 0 Å². The summed E-state index contributed by atoms with van der Waals surface area (Å²) in [6, 6.07) is 0. The van der Waals surface area contributed by atoms with Crippen molar-refractivity contribution in [1.29, 1.82) is 0 Å². The summed E-state index contributed by atoms with van der Waals surface area (Å²) in [6.45, 7) is 0. The first kappa shape index (κ1) is 8.63.